The van der Waals surface area contributed by atoms with E-state index in [-0.39, 0.29) is 0 Å². The summed E-state index contributed by atoms with van der Waals surface area (Å²) in [7, 11) is 0. The van der Waals surface area contributed by atoms with Gasteiger partial charge >= 0.3 is 0 Å². The molecule has 0 unspecified atom stereocenters. The van der Waals surface area contributed by atoms with Gasteiger partial charge in [-0.1, -0.05) is 0 Å². The fourth-order valence-corrected chi connectivity index (χ4v) is 4.78. The molecule has 0 aromatic carbocycles. The minimum Gasteiger partial charge on any atom is -0.297 e. The zero-order chi connectivity index (χ0) is 15.0. The van der Waals surface area contributed by atoms with E-state index < -0.39 is 0 Å². The Morgan fingerprint density at radius 1 is 0.857 bits per heavy atom. The van der Waals surface area contributed by atoms with Crippen LogP contribution in [0.25, 0.3) is 11.1 Å². The number of carbonyl (C=O) groups is 2. The molecular weight excluding hydrogens is 300 g/mol. The normalized spacial score (nSPS) is 14.8. The van der Waals surface area contributed by atoms with E-state index in [1.54, 1.807) is 22.7 Å². The topological polar surface area (TPSA) is 34.1 Å². The first-order chi connectivity index (χ1) is 10.1. The van der Waals surface area contributed by atoms with E-state index in [4.69, 9.17) is 0 Å². The lowest BCUT2D eigenvalue weighted by atomic mass is 9.97. The molecule has 3 rings (SSSR count). The van der Waals surface area contributed by atoms with Crippen LogP contribution in [0.5, 0.6) is 0 Å². The number of aryl methyl sites for hydroxylation is 2. The lowest BCUT2D eigenvalue weighted by Gasteiger charge is -2.06. The van der Waals surface area contributed by atoms with Crippen molar-refractivity contribution in [1.82, 2.24) is 0 Å². The monoisotopic (exact) mass is 316 g/mol. The van der Waals surface area contributed by atoms with Gasteiger partial charge in [0.15, 0.2) is 12.6 Å². The minimum atomic E-state index is 0.807. The maximum Gasteiger partial charge on any atom is 0.160 e. The zero-order valence-corrected chi connectivity index (χ0v) is 13.7. The van der Waals surface area contributed by atoms with Gasteiger partial charge in [0.25, 0.3) is 0 Å². The van der Waals surface area contributed by atoms with Gasteiger partial charge in [0.05, 0.1) is 9.75 Å². The summed E-state index contributed by atoms with van der Waals surface area (Å²) in [4.78, 5) is 26.5. The summed E-state index contributed by atoms with van der Waals surface area (Å²) in [5.74, 6) is 0. The molecule has 0 saturated carbocycles. The summed E-state index contributed by atoms with van der Waals surface area (Å²) < 4.78 is 0. The Hall–Kier alpha value is -1.52. The standard InChI is InChI=1S/C17H16O2S2/c1-10-6-14(16(8-18)20-10)12-4-3-5-13(12)15-7-11(2)21-17(15)9-19/h6-9H,3-5H2,1-2H3. The quantitative estimate of drug-likeness (QED) is 0.731. The van der Waals surface area contributed by atoms with E-state index >= 15 is 0 Å². The van der Waals surface area contributed by atoms with Gasteiger partial charge in [-0.25, -0.2) is 0 Å². The SMILES string of the molecule is Cc1cc(C2=C(c3cc(C)sc3C=O)CCC2)c(C=O)s1. The van der Waals surface area contributed by atoms with Crippen LogP contribution in [0.15, 0.2) is 12.1 Å². The van der Waals surface area contributed by atoms with Crippen LogP contribution in [-0.4, -0.2) is 12.6 Å². The molecule has 0 N–H and O–H groups in total. The van der Waals surface area contributed by atoms with Crippen molar-refractivity contribution in [3.8, 4) is 0 Å². The van der Waals surface area contributed by atoms with E-state index in [9.17, 15) is 9.59 Å². The van der Waals surface area contributed by atoms with Crippen molar-refractivity contribution >= 4 is 46.4 Å². The predicted molar refractivity (Wildman–Crippen MR) is 89.6 cm³/mol. The number of allylic oxidation sites excluding steroid dienone is 2. The lowest BCUT2D eigenvalue weighted by molar-refractivity contribution is 0.111. The Labute approximate surface area is 132 Å². The van der Waals surface area contributed by atoms with Crippen LogP contribution in [0.1, 0.15) is 59.5 Å². The Morgan fingerprint density at radius 2 is 1.29 bits per heavy atom. The van der Waals surface area contributed by atoms with Gasteiger partial charge in [-0.05, 0) is 67.5 Å². The highest BCUT2D eigenvalue weighted by atomic mass is 32.1. The second kappa shape index (κ2) is 5.70. The Balaban J connectivity index is 2.19. The van der Waals surface area contributed by atoms with E-state index in [0.29, 0.717) is 0 Å². The fourth-order valence-electron chi connectivity index (χ4n) is 3.05. The summed E-state index contributed by atoms with van der Waals surface area (Å²) in [6, 6.07) is 4.21. The molecule has 1 aliphatic rings. The minimum absolute atomic E-state index is 0.807. The average Bonchev–Trinajstić information content (AvgIpc) is 3.14. The lowest BCUT2D eigenvalue weighted by Crippen LogP contribution is -1.89. The number of hydrogen-bond acceptors (Lipinski definition) is 4. The molecule has 21 heavy (non-hydrogen) atoms. The predicted octanol–water partition coefficient (Wildman–Crippen LogP) is 5.15. The second-order valence-corrected chi connectivity index (χ2v) is 7.89. The molecule has 1 aliphatic carbocycles. The first kappa shape index (κ1) is 14.4. The van der Waals surface area contributed by atoms with Gasteiger partial charge in [-0.15, -0.1) is 22.7 Å². The van der Waals surface area contributed by atoms with E-state index in [1.807, 2.05) is 13.8 Å². The van der Waals surface area contributed by atoms with Crippen molar-refractivity contribution in [3.05, 3.63) is 42.8 Å². The maximum atomic E-state index is 11.3. The summed E-state index contributed by atoms with van der Waals surface area (Å²) in [5, 5.41) is 0. The highest BCUT2D eigenvalue weighted by Gasteiger charge is 2.23. The van der Waals surface area contributed by atoms with E-state index in [2.05, 4.69) is 12.1 Å². The molecule has 0 saturated heterocycles. The van der Waals surface area contributed by atoms with Crippen molar-refractivity contribution in [2.45, 2.75) is 33.1 Å². The molecule has 2 nitrogen and oxygen atoms in total. The Morgan fingerprint density at radius 3 is 1.67 bits per heavy atom. The number of hydrogen-bond donors (Lipinski definition) is 0. The largest absolute Gasteiger partial charge is 0.297 e. The molecule has 2 aromatic rings. The summed E-state index contributed by atoms with van der Waals surface area (Å²) in [6.45, 7) is 4.06. The zero-order valence-electron chi connectivity index (χ0n) is 12.1. The summed E-state index contributed by atoms with van der Waals surface area (Å²) in [5.41, 5.74) is 4.64. The van der Waals surface area contributed by atoms with Gasteiger partial charge < -0.3 is 0 Å². The van der Waals surface area contributed by atoms with Gasteiger partial charge in [0.2, 0.25) is 0 Å². The van der Waals surface area contributed by atoms with E-state index in [0.717, 1.165) is 62.5 Å². The van der Waals surface area contributed by atoms with Crippen LogP contribution in [0, 0.1) is 13.8 Å². The van der Waals surface area contributed by atoms with Crippen LogP contribution < -0.4 is 0 Å². The highest BCUT2D eigenvalue weighted by molar-refractivity contribution is 7.14. The third kappa shape index (κ3) is 2.54. The smallest absolute Gasteiger partial charge is 0.160 e. The number of thiophene rings is 2. The molecule has 0 bridgehead atoms. The van der Waals surface area contributed by atoms with Crippen molar-refractivity contribution in [1.29, 1.82) is 0 Å². The second-order valence-electron chi connectivity index (χ2n) is 5.32. The number of carbonyl (C=O) groups excluding carboxylic acids is 2. The molecule has 2 heterocycles. The molecule has 0 amide bonds. The van der Waals surface area contributed by atoms with Crippen molar-refractivity contribution in [2.75, 3.05) is 0 Å². The molecule has 4 heteroatoms. The Bertz CT molecular complexity index is 685. The molecule has 2 aromatic heterocycles. The summed E-state index contributed by atoms with van der Waals surface area (Å²) in [6.07, 6.45) is 4.97. The third-order valence-corrected chi connectivity index (χ3v) is 5.80. The van der Waals surface area contributed by atoms with Gasteiger partial charge in [-0.3, -0.25) is 9.59 Å². The molecule has 0 spiro atoms. The number of rotatable bonds is 4. The fraction of sp³-hybridized carbons (Fsp3) is 0.294. The van der Waals surface area contributed by atoms with Gasteiger partial charge in [0.1, 0.15) is 0 Å². The molecule has 0 fully saturated rings. The molecule has 0 aliphatic heterocycles. The van der Waals surface area contributed by atoms with Gasteiger partial charge in [0, 0.05) is 9.75 Å². The molecule has 108 valence electrons. The molecule has 0 atom stereocenters. The average molecular weight is 316 g/mol. The van der Waals surface area contributed by atoms with Crippen molar-refractivity contribution in [3.63, 3.8) is 0 Å². The Kier molecular flexibility index (Phi) is 3.91. The first-order valence-electron chi connectivity index (χ1n) is 6.98. The summed E-state index contributed by atoms with van der Waals surface area (Å²) >= 11 is 3.09. The van der Waals surface area contributed by atoms with Crippen LogP contribution >= 0.6 is 22.7 Å². The van der Waals surface area contributed by atoms with Crippen LogP contribution in [0.3, 0.4) is 0 Å². The molecule has 0 radical (unpaired) electrons. The highest BCUT2D eigenvalue weighted by Crippen LogP contribution is 2.44. The first-order valence-corrected chi connectivity index (χ1v) is 8.61. The van der Waals surface area contributed by atoms with Crippen LogP contribution in [0.4, 0.5) is 0 Å². The maximum absolute atomic E-state index is 11.3. The third-order valence-electron chi connectivity index (χ3n) is 3.85. The van der Waals surface area contributed by atoms with Crippen LogP contribution in [0.2, 0.25) is 0 Å². The molecular formula is C17H16O2S2. The van der Waals surface area contributed by atoms with E-state index in [1.165, 1.54) is 11.1 Å². The van der Waals surface area contributed by atoms with Gasteiger partial charge in [-0.2, -0.15) is 0 Å². The van der Waals surface area contributed by atoms with Crippen molar-refractivity contribution < 1.29 is 9.59 Å². The van der Waals surface area contributed by atoms with Crippen molar-refractivity contribution in [2.24, 2.45) is 0 Å². The number of aldehydes is 2. The van der Waals surface area contributed by atoms with Crippen LogP contribution in [-0.2, 0) is 0 Å².